The van der Waals surface area contributed by atoms with Crippen LogP contribution in [0.2, 0.25) is 0 Å². The van der Waals surface area contributed by atoms with Gasteiger partial charge in [0.05, 0.1) is 7.11 Å². The zero-order valence-electron chi connectivity index (χ0n) is 8.31. The molecule has 0 aromatic carbocycles. The van der Waals surface area contributed by atoms with Crippen LogP contribution in [0.3, 0.4) is 0 Å². The van der Waals surface area contributed by atoms with E-state index in [0.717, 1.165) is 0 Å². The number of aryl methyl sites for hydroxylation is 1. The summed E-state index contributed by atoms with van der Waals surface area (Å²) in [7, 11) is 1.35. The largest absolute Gasteiger partial charge is 0.468 e. The summed E-state index contributed by atoms with van der Waals surface area (Å²) in [4.78, 5) is 11.1. The molecule has 0 aliphatic heterocycles. The minimum atomic E-state index is -0.329. The summed E-state index contributed by atoms with van der Waals surface area (Å²) in [5.74, 6) is 0.274. The standard InChI is InChI=1S/C8H12N2O3S/c1-4-6-9-10-8(13-6)14-5(2)7(11)12-3/h5H,4H2,1-3H3. The highest BCUT2D eigenvalue weighted by molar-refractivity contribution is 8.00. The highest BCUT2D eigenvalue weighted by atomic mass is 32.2. The third-order valence-electron chi connectivity index (χ3n) is 1.56. The number of ether oxygens (including phenoxy) is 1. The molecular weight excluding hydrogens is 204 g/mol. The topological polar surface area (TPSA) is 65.2 Å². The number of thioether (sulfide) groups is 1. The van der Waals surface area contributed by atoms with E-state index in [-0.39, 0.29) is 11.2 Å². The van der Waals surface area contributed by atoms with E-state index in [2.05, 4.69) is 14.9 Å². The molecule has 1 unspecified atom stereocenters. The Balaban J connectivity index is 2.55. The lowest BCUT2D eigenvalue weighted by Gasteiger charge is -2.04. The molecule has 0 spiro atoms. The fourth-order valence-corrected chi connectivity index (χ4v) is 1.52. The van der Waals surface area contributed by atoms with Crippen LogP contribution in [-0.4, -0.2) is 28.5 Å². The molecule has 0 N–H and O–H groups in total. The Kier molecular flexibility index (Phi) is 3.94. The second kappa shape index (κ2) is 4.99. The summed E-state index contributed by atoms with van der Waals surface area (Å²) < 4.78 is 9.80. The maximum Gasteiger partial charge on any atom is 0.319 e. The van der Waals surface area contributed by atoms with Crippen molar-refractivity contribution < 1.29 is 13.9 Å². The first-order valence-electron chi connectivity index (χ1n) is 4.24. The molecule has 6 heteroatoms. The van der Waals surface area contributed by atoms with Crippen molar-refractivity contribution in [2.45, 2.75) is 30.7 Å². The van der Waals surface area contributed by atoms with Crippen molar-refractivity contribution in [1.82, 2.24) is 10.2 Å². The summed E-state index contributed by atoms with van der Waals surface area (Å²) >= 11 is 1.20. The van der Waals surface area contributed by atoms with Crippen LogP contribution in [0.5, 0.6) is 0 Å². The molecule has 1 rings (SSSR count). The molecule has 1 atom stereocenters. The van der Waals surface area contributed by atoms with Gasteiger partial charge in [-0.2, -0.15) is 0 Å². The summed E-state index contributed by atoms with van der Waals surface area (Å²) in [5, 5.41) is 7.64. The Morgan fingerprint density at radius 1 is 1.64 bits per heavy atom. The van der Waals surface area contributed by atoms with E-state index in [1.807, 2.05) is 6.92 Å². The molecule has 0 radical (unpaired) electrons. The summed E-state index contributed by atoms with van der Waals surface area (Å²) in [6.45, 7) is 3.65. The monoisotopic (exact) mass is 216 g/mol. The molecule has 0 amide bonds. The lowest BCUT2D eigenvalue weighted by molar-refractivity contribution is -0.139. The first-order valence-corrected chi connectivity index (χ1v) is 5.12. The second-order valence-electron chi connectivity index (χ2n) is 2.60. The van der Waals surface area contributed by atoms with Crippen LogP contribution in [0.25, 0.3) is 0 Å². The summed E-state index contributed by atoms with van der Waals surface area (Å²) in [6.07, 6.45) is 0.695. The lowest BCUT2D eigenvalue weighted by Crippen LogP contribution is -2.14. The number of methoxy groups -OCH3 is 1. The van der Waals surface area contributed by atoms with Crippen molar-refractivity contribution in [1.29, 1.82) is 0 Å². The first kappa shape index (κ1) is 11.0. The van der Waals surface area contributed by atoms with E-state index in [1.165, 1.54) is 18.9 Å². The van der Waals surface area contributed by atoms with Gasteiger partial charge in [-0.1, -0.05) is 18.7 Å². The number of carbonyl (C=O) groups excluding carboxylic acids is 1. The molecule has 0 bridgehead atoms. The van der Waals surface area contributed by atoms with Crippen LogP contribution in [0, 0.1) is 0 Å². The summed E-state index contributed by atoms with van der Waals surface area (Å²) in [5.41, 5.74) is 0. The quantitative estimate of drug-likeness (QED) is 0.558. The predicted molar refractivity (Wildman–Crippen MR) is 51.0 cm³/mol. The van der Waals surface area contributed by atoms with Crippen molar-refractivity contribution in [3.8, 4) is 0 Å². The van der Waals surface area contributed by atoms with Gasteiger partial charge in [-0.3, -0.25) is 4.79 Å². The Morgan fingerprint density at radius 3 is 2.86 bits per heavy atom. The van der Waals surface area contributed by atoms with Crippen molar-refractivity contribution in [2.24, 2.45) is 0 Å². The van der Waals surface area contributed by atoms with Crippen molar-refractivity contribution in [3.05, 3.63) is 5.89 Å². The third kappa shape index (κ3) is 2.73. The molecule has 14 heavy (non-hydrogen) atoms. The van der Waals surface area contributed by atoms with Crippen LogP contribution in [0.15, 0.2) is 9.64 Å². The smallest absolute Gasteiger partial charge is 0.319 e. The molecule has 1 heterocycles. The average molecular weight is 216 g/mol. The molecule has 0 aliphatic rings. The van der Waals surface area contributed by atoms with Gasteiger partial charge in [-0.25, -0.2) is 0 Å². The highest BCUT2D eigenvalue weighted by Gasteiger charge is 2.18. The molecule has 0 saturated heterocycles. The molecular formula is C8H12N2O3S. The van der Waals surface area contributed by atoms with E-state index < -0.39 is 0 Å². The molecule has 0 saturated carbocycles. The van der Waals surface area contributed by atoms with Gasteiger partial charge >= 0.3 is 5.97 Å². The Hall–Kier alpha value is -1.04. The second-order valence-corrected chi connectivity index (χ2v) is 3.89. The number of aromatic nitrogens is 2. The van der Waals surface area contributed by atoms with Crippen molar-refractivity contribution in [2.75, 3.05) is 7.11 Å². The molecule has 1 aromatic heterocycles. The Labute approximate surface area is 86.2 Å². The van der Waals surface area contributed by atoms with Gasteiger partial charge in [0.1, 0.15) is 5.25 Å². The molecule has 1 aromatic rings. The number of hydrogen-bond acceptors (Lipinski definition) is 6. The van der Waals surface area contributed by atoms with Gasteiger partial charge in [-0.15, -0.1) is 10.2 Å². The fourth-order valence-electron chi connectivity index (χ4n) is 0.794. The number of rotatable bonds is 4. The van der Waals surface area contributed by atoms with Crippen molar-refractivity contribution >= 4 is 17.7 Å². The van der Waals surface area contributed by atoms with Crippen LogP contribution in [0.1, 0.15) is 19.7 Å². The van der Waals surface area contributed by atoms with E-state index in [4.69, 9.17) is 4.42 Å². The first-order chi connectivity index (χ1) is 6.67. The number of esters is 1. The SMILES string of the molecule is CCc1nnc(SC(C)C(=O)OC)o1. The predicted octanol–water partition coefficient (Wildman–Crippen LogP) is 1.29. The van der Waals surface area contributed by atoms with E-state index in [1.54, 1.807) is 6.92 Å². The zero-order chi connectivity index (χ0) is 10.6. The normalized spacial score (nSPS) is 12.5. The number of carbonyl (C=O) groups is 1. The number of nitrogens with zero attached hydrogens (tertiary/aromatic N) is 2. The van der Waals surface area contributed by atoms with Crippen molar-refractivity contribution in [3.63, 3.8) is 0 Å². The average Bonchev–Trinajstić information content (AvgIpc) is 2.64. The van der Waals surface area contributed by atoms with Gasteiger partial charge < -0.3 is 9.15 Å². The van der Waals surface area contributed by atoms with Gasteiger partial charge in [0.15, 0.2) is 0 Å². The lowest BCUT2D eigenvalue weighted by atomic mass is 10.5. The van der Waals surface area contributed by atoms with Crippen LogP contribution >= 0.6 is 11.8 Å². The fraction of sp³-hybridized carbons (Fsp3) is 0.625. The highest BCUT2D eigenvalue weighted by Crippen LogP contribution is 2.22. The maximum absolute atomic E-state index is 11.1. The van der Waals surface area contributed by atoms with Crippen LogP contribution in [0.4, 0.5) is 0 Å². The minimum absolute atomic E-state index is 0.300. The van der Waals surface area contributed by atoms with Crippen LogP contribution < -0.4 is 0 Å². The maximum atomic E-state index is 11.1. The summed E-state index contributed by atoms with van der Waals surface area (Å²) in [6, 6.07) is 0. The minimum Gasteiger partial charge on any atom is -0.468 e. The zero-order valence-corrected chi connectivity index (χ0v) is 9.13. The molecule has 5 nitrogen and oxygen atoms in total. The van der Waals surface area contributed by atoms with E-state index >= 15 is 0 Å². The van der Waals surface area contributed by atoms with Gasteiger partial charge in [0, 0.05) is 6.42 Å². The molecule has 78 valence electrons. The molecule has 0 fully saturated rings. The van der Waals surface area contributed by atoms with E-state index in [0.29, 0.717) is 17.5 Å². The van der Waals surface area contributed by atoms with Gasteiger partial charge in [0.2, 0.25) is 5.89 Å². The Bertz CT molecular complexity index is 313. The third-order valence-corrected chi connectivity index (χ3v) is 2.47. The molecule has 0 aliphatic carbocycles. The van der Waals surface area contributed by atoms with Crippen LogP contribution in [-0.2, 0) is 16.0 Å². The van der Waals surface area contributed by atoms with Gasteiger partial charge in [0.25, 0.3) is 5.22 Å². The number of hydrogen-bond donors (Lipinski definition) is 0. The Morgan fingerprint density at radius 2 is 2.36 bits per heavy atom. The van der Waals surface area contributed by atoms with Gasteiger partial charge in [-0.05, 0) is 6.92 Å². The van der Waals surface area contributed by atoms with E-state index in [9.17, 15) is 4.79 Å².